The van der Waals surface area contributed by atoms with Crippen LogP contribution in [-0.4, -0.2) is 16.2 Å². The van der Waals surface area contributed by atoms with Crippen molar-refractivity contribution in [2.45, 2.75) is 6.92 Å². The van der Waals surface area contributed by atoms with E-state index in [1.165, 1.54) is 6.92 Å². The van der Waals surface area contributed by atoms with Crippen molar-refractivity contribution in [2.24, 2.45) is 0 Å². The van der Waals surface area contributed by atoms with Gasteiger partial charge in [-0.3, -0.25) is 4.79 Å². The summed E-state index contributed by atoms with van der Waals surface area (Å²) in [5.41, 5.74) is 1.72. The van der Waals surface area contributed by atoms with Crippen LogP contribution in [0, 0.1) is 0 Å². The largest absolute Gasteiger partial charge is 0.324 e. The fraction of sp³-hybridized carbons (Fsp3) is 0.125. The molecule has 1 aromatic carbocycles. The molecule has 0 atom stereocenters. The van der Waals surface area contributed by atoms with Crippen molar-refractivity contribution in [3.8, 4) is 0 Å². The second-order valence-corrected chi connectivity index (χ2v) is 3.59. The van der Waals surface area contributed by atoms with E-state index in [1.807, 2.05) is 0 Å². The van der Waals surface area contributed by atoms with Gasteiger partial charge in [-0.1, -0.05) is 0 Å². The number of carbonyl (C=O) groups excluding carboxylic acids is 1. The molecule has 0 aliphatic heterocycles. The molecule has 1 aromatic heterocycles. The molecule has 0 bridgehead atoms. The van der Waals surface area contributed by atoms with Crippen molar-refractivity contribution in [1.82, 2.24) is 10.3 Å². The van der Waals surface area contributed by atoms with Crippen molar-refractivity contribution in [2.75, 3.05) is 5.32 Å². The van der Waals surface area contributed by atoms with Crippen LogP contribution in [0.2, 0.25) is 0 Å². The van der Waals surface area contributed by atoms with Gasteiger partial charge in [-0.15, -0.1) is 0 Å². The van der Waals surface area contributed by atoms with E-state index in [9.17, 15) is 4.79 Å². The first-order chi connectivity index (χ1) is 6.68. The highest BCUT2D eigenvalue weighted by atomic mass is 79.9. The highest BCUT2D eigenvalue weighted by Crippen LogP contribution is 2.26. The van der Waals surface area contributed by atoms with Crippen LogP contribution >= 0.6 is 15.9 Å². The predicted molar refractivity (Wildman–Crippen MR) is 53.8 cm³/mol. The lowest BCUT2D eigenvalue weighted by atomic mass is 10.2. The molecule has 1 heterocycles. The second-order valence-electron chi connectivity index (χ2n) is 2.74. The van der Waals surface area contributed by atoms with E-state index in [4.69, 9.17) is 0 Å². The number of fused-ring (bicyclic) bond motifs is 1. The van der Waals surface area contributed by atoms with Gasteiger partial charge in [0.25, 0.3) is 0 Å². The Balaban J connectivity index is 2.60. The van der Waals surface area contributed by atoms with Crippen LogP contribution in [-0.2, 0) is 4.79 Å². The number of rotatable bonds is 1. The summed E-state index contributed by atoms with van der Waals surface area (Å²) in [6.45, 7) is 1.43. The lowest BCUT2D eigenvalue weighted by Crippen LogP contribution is -2.06. The van der Waals surface area contributed by atoms with Gasteiger partial charge in [-0.05, 0) is 38.4 Å². The van der Waals surface area contributed by atoms with Crippen molar-refractivity contribution in [3.63, 3.8) is 0 Å². The second kappa shape index (κ2) is 3.38. The Labute approximate surface area is 87.6 Å². The Bertz CT molecular complexity index is 494. The Kier molecular flexibility index (Phi) is 2.20. The van der Waals surface area contributed by atoms with Crippen LogP contribution in [0.1, 0.15) is 6.92 Å². The van der Waals surface area contributed by atoms with Gasteiger partial charge in [0.2, 0.25) is 5.91 Å². The molecule has 2 aromatic rings. The molecule has 0 spiro atoms. The Morgan fingerprint density at radius 3 is 2.86 bits per heavy atom. The first-order valence-corrected chi connectivity index (χ1v) is 4.66. The van der Waals surface area contributed by atoms with Gasteiger partial charge in [0.05, 0.1) is 5.69 Å². The number of amides is 1. The molecule has 72 valence electrons. The number of halogens is 1. The average molecular weight is 256 g/mol. The van der Waals surface area contributed by atoms with Gasteiger partial charge in [0.1, 0.15) is 0 Å². The SMILES string of the molecule is CC(=O)Nc1ccc(Br)c2nonc12. The van der Waals surface area contributed by atoms with Crippen LogP contribution in [0.4, 0.5) is 5.69 Å². The number of nitrogens with zero attached hydrogens (tertiary/aromatic N) is 2. The molecule has 1 N–H and O–H groups in total. The Morgan fingerprint density at radius 2 is 2.14 bits per heavy atom. The lowest BCUT2D eigenvalue weighted by molar-refractivity contribution is -0.114. The van der Waals surface area contributed by atoms with Gasteiger partial charge in [-0.25, -0.2) is 4.63 Å². The topological polar surface area (TPSA) is 68.0 Å². The monoisotopic (exact) mass is 255 g/mol. The van der Waals surface area contributed by atoms with Crippen LogP contribution in [0.25, 0.3) is 11.0 Å². The Morgan fingerprint density at radius 1 is 1.43 bits per heavy atom. The number of hydrogen-bond donors (Lipinski definition) is 1. The summed E-state index contributed by atoms with van der Waals surface area (Å²) in [4.78, 5) is 10.9. The third-order valence-electron chi connectivity index (χ3n) is 1.68. The molecule has 0 unspecified atom stereocenters. The third-order valence-corrected chi connectivity index (χ3v) is 2.32. The molecule has 0 saturated heterocycles. The zero-order valence-corrected chi connectivity index (χ0v) is 8.83. The summed E-state index contributed by atoms with van der Waals surface area (Å²) < 4.78 is 5.37. The normalized spacial score (nSPS) is 10.4. The van der Waals surface area contributed by atoms with Gasteiger partial charge >= 0.3 is 0 Å². The standard InChI is InChI=1S/C8H6BrN3O2/c1-4(13)10-6-3-2-5(9)7-8(6)12-14-11-7/h2-3H,1H3,(H,10,13). The maximum Gasteiger partial charge on any atom is 0.221 e. The number of nitrogens with one attached hydrogen (secondary N) is 1. The summed E-state index contributed by atoms with van der Waals surface area (Å²) >= 11 is 3.30. The number of anilines is 1. The fourth-order valence-electron chi connectivity index (χ4n) is 1.13. The van der Waals surface area contributed by atoms with Crippen molar-refractivity contribution < 1.29 is 9.42 Å². The molecule has 0 aliphatic carbocycles. The minimum absolute atomic E-state index is 0.156. The quantitative estimate of drug-likeness (QED) is 0.846. The molecule has 0 aliphatic rings. The van der Waals surface area contributed by atoms with Crippen LogP contribution in [0.5, 0.6) is 0 Å². The maximum atomic E-state index is 10.9. The average Bonchev–Trinajstić information content (AvgIpc) is 2.58. The van der Waals surface area contributed by atoms with Crippen LogP contribution in [0.15, 0.2) is 21.2 Å². The molecule has 0 saturated carbocycles. The van der Waals surface area contributed by atoms with Gasteiger partial charge in [0.15, 0.2) is 11.0 Å². The molecule has 0 radical (unpaired) electrons. The third kappa shape index (κ3) is 1.48. The molecule has 6 heteroatoms. The molecule has 1 amide bonds. The van der Waals surface area contributed by atoms with E-state index < -0.39 is 0 Å². The molecular weight excluding hydrogens is 250 g/mol. The zero-order valence-electron chi connectivity index (χ0n) is 7.24. The van der Waals surface area contributed by atoms with E-state index >= 15 is 0 Å². The van der Waals surface area contributed by atoms with E-state index in [1.54, 1.807) is 12.1 Å². The van der Waals surface area contributed by atoms with Crippen molar-refractivity contribution >= 4 is 38.6 Å². The molecular formula is C8H6BrN3O2. The fourth-order valence-corrected chi connectivity index (χ4v) is 1.52. The molecule has 0 fully saturated rings. The number of hydrogen-bond acceptors (Lipinski definition) is 4. The van der Waals surface area contributed by atoms with E-state index in [0.29, 0.717) is 16.7 Å². The first-order valence-electron chi connectivity index (χ1n) is 3.87. The smallest absolute Gasteiger partial charge is 0.221 e. The highest BCUT2D eigenvalue weighted by molar-refractivity contribution is 9.10. The zero-order chi connectivity index (χ0) is 10.1. The van der Waals surface area contributed by atoms with Crippen LogP contribution in [0.3, 0.4) is 0 Å². The minimum Gasteiger partial charge on any atom is -0.324 e. The predicted octanol–water partition coefficient (Wildman–Crippen LogP) is 1.94. The van der Waals surface area contributed by atoms with E-state index in [-0.39, 0.29) is 5.91 Å². The van der Waals surface area contributed by atoms with Crippen molar-refractivity contribution in [3.05, 3.63) is 16.6 Å². The highest BCUT2D eigenvalue weighted by Gasteiger charge is 2.10. The summed E-state index contributed by atoms with van der Waals surface area (Å²) in [7, 11) is 0. The molecule has 2 rings (SSSR count). The van der Waals surface area contributed by atoms with E-state index in [2.05, 4.69) is 36.2 Å². The molecule has 5 nitrogen and oxygen atoms in total. The molecule has 14 heavy (non-hydrogen) atoms. The Hall–Kier alpha value is -1.43. The van der Waals surface area contributed by atoms with E-state index in [0.717, 1.165) is 4.47 Å². The van der Waals surface area contributed by atoms with Gasteiger partial charge < -0.3 is 5.32 Å². The number of benzene rings is 1. The summed E-state index contributed by atoms with van der Waals surface area (Å²) in [6.07, 6.45) is 0. The lowest BCUT2D eigenvalue weighted by Gasteiger charge is -2.01. The number of aromatic nitrogens is 2. The minimum atomic E-state index is -0.156. The number of carbonyl (C=O) groups is 1. The van der Waals surface area contributed by atoms with Crippen LogP contribution < -0.4 is 5.32 Å². The van der Waals surface area contributed by atoms with Crippen molar-refractivity contribution in [1.29, 1.82) is 0 Å². The summed E-state index contributed by atoms with van der Waals surface area (Å²) in [5.74, 6) is -0.156. The van der Waals surface area contributed by atoms with Gasteiger partial charge in [0, 0.05) is 11.4 Å². The summed E-state index contributed by atoms with van der Waals surface area (Å²) in [5, 5.41) is 10.0. The first kappa shape index (κ1) is 9.14. The van der Waals surface area contributed by atoms with Gasteiger partial charge in [-0.2, -0.15) is 0 Å². The summed E-state index contributed by atoms with van der Waals surface area (Å²) in [6, 6.07) is 3.51. The maximum absolute atomic E-state index is 10.9.